The summed E-state index contributed by atoms with van der Waals surface area (Å²) in [6.07, 6.45) is 9.60. The molecule has 1 N–H and O–H groups in total. The van der Waals surface area contributed by atoms with Crippen LogP contribution in [-0.4, -0.2) is 36.2 Å². The molecule has 0 atom stereocenters. The highest BCUT2D eigenvalue weighted by atomic mass is 35.5. The number of rotatable bonds is 5. The molecule has 140 valence electrons. The average Bonchev–Trinajstić information content (AvgIpc) is 2.63. The van der Waals surface area contributed by atoms with E-state index in [4.69, 9.17) is 16.3 Å². The molecule has 3 rings (SSSR count). The number of methoxy groups -OCH3 is 1. The maximum Gasteiger partial charge on any atom is 0.125 e. The van der Waals surface area contributed by atoms with E-state index >= 15 is 0 Å². The quantitative estimate of drug-likeness (QED) is 0.797. The number of nitrogens with zero attached hydrogens (tertiary/aromatic N) is 1. The highest BCUT2D eigenvalue weighted by Gasteiger charge is 2.38. The van der Waals surface area contributed by atoms with Gasteiger partial charge in [0.2, 0.25) is 0 Å². The lowest BCUT2D eigenvalue weighted by Crippen LogP contribution is -2.48. The number of ether oxygens (including phenoxy) is 1. The monoisotopic (exact) mass is 365 g/mol. The van der Waals surface area contributed by atoms with E-state index in [1.54, 1.807) is 7.11 Å². The van der Waals surface area contributed by atoms with Crippen molar-refractivity contribution in [1.82, 2.24) is 4.90 Å². The predicted octanol–water partition coefficient (Wildman–Crippen LogP) is 4.99. The lowest BCUT2D eigenvalue weighted by molar-refractivity contribution is -0.0420. The number of aliphatic hydroxyl groups is 1. The van der Waals surface area contributed by atoms with Crippen LogP contribution in [0.4, 0.5) is 0 Å². The van der Waals surface area contributed by atoms with Gasteiger partial charge in [-0.25, -0.2) is 0 Å². The molecule has 1 aromatic carbocycles. The average molecular weight is 366 g/mol. The Hall–Kier alpha value is -0.770. The molecule has 1 saturated carbocycles. The van der Waals surface area contributed by atoms with Crippen molar-refractivity contribution in [2.24, 2.45) is 5.92 Å². The fraction of sp³-hybridized carbons (Fsp3) is 0.714. The fourth-order valence-electron chi connectivity index (χ4n) is 4.78. The molecule has 0 radical (unpaired) electrons. The number of hydrogen-bond acceptors (Lipinski definition) is 3. The standard InChI is InChI=1S/C21H32ClNO2/c1-3-4-16-5-8-18(9-6-16)23-13-11-21(24,12-14-23)19-15-17(22)7-10-20(19)25-2/h7,10,15-16,18,24H,3-6,8-9,11-14H2,1-2H3. The van der Waals surface area contributed by atoms with E-state index in [2.05, 4.69) is 11.8 Å². The molecule has 3 nitrogen and oxygen atoms in total. The number of likely N-dealkylation sites (tertiary alicyclic amines) is 1. The largest absolute Gasteiger partial charge is 0.496 e. The molecule has 1 heterocycles. The lowest BCUT2D eigenvalue weighted by Gasteiger charge is -2.44. The van der Waals surface area contributed by atoms with E-state index < -0.39 is 5.60 Å². The van der Waals surface area contributed by atoms with Crippen molar-refractivity contribution in [3.63, 3.8) is 0 Å². The van der Waals surface area contributed by atoms with Crippen LogP contribution >= 0.6 is 11.6 Å². The molecule has 1 saturated heterocycles. The molecule has 2 fully saturated rings. The van der Waals surface area contributed by atoms with Crippen molar-refractivity contribution in [3.05, 3.63) is 28.8 Å². The first kappa shape index (κ1) is 19.0. The SMILES string of the molecule is CCCC1CCC(N2CCC(O)(c3cc(Cl)ccc3OC)CC2)CC1. The van der Waals surface area contributed by atoms with Crippen LogP contribution in [0.2, 0.25) is 5.02 Å². The molecule has 1 aromatic rings. The zero-order chi connectivity index (χ0) is 17.9. The summed E-state index contributed by atoms with van der Waals surface area (Å²) in [6, 6.07) is 6.25. The Kier molecular flexibility index (Phi) is 6.30. The summed E-state index contributed by atoms with van der Waals surface area (Å²) >= 11 is 6.17. The predicted molar refractivity (Wildman–Crippen MR) is 103 cm³/mol. The molecule has 0 aromatic heterocycles. The van der Waals surface area contributed by atoms with Crippen molar-refractivity contribution < 1.29 is 9.84 Å². The number of piperidine rings is 1. The molecule has 1 aliphatic carbocycles. The minimum Gasteiger partial charge on any atom is -0.496 e. The summed E-state index contributed by atoms with van der Waals surface area (Å²) in [6.45, 7) is 4.20. The van der Waals surface area contributed by atoms with Gasteiger partial charge in [0.25, 0.3) is 0 Å². The Morgan fingerprint density at radius 2 is 1.88 bits per heavy atom. The third-order valence-corrected chi connectivity index (χ3v) is 6.55. The summed E-state index contributed by atoms with van der Waals surface area (Å²) < 4.78 is 5.46. The number of halogens is 1. The van der Waals surface area contributed by atoms with Crippen molar-refractivity contribution >= 4 is 11.6 Å². The second-order valence-electron chi connectivity index (χ2n) is 7.88. The normalized spacial score (nSPS) is 27.2. The third kappa shape index (κ3) is 4.32. The Morgan fingerprint density at radius 3 is 2.48 bits per heavy atom. The van der Waals surface area contributed by atoms with Crippen LogP contribution in [0.15, 0.2) is 18.2 Å². The zero-order valence-electron chi connectivity index (χ0n) is 15.6. The fourth-order valence-corrected chi connectivity index (χ4v) is 4.95. The topological polar surface area (TPSA) is 32.7 Å². The Balaban J connectivity index is 1.61. The smallest absolute Gasteiger partial charge is 0.125 e. The molecular formula is C21H32ClNO2. The van der Waals surface area contributed by atoms with Gasteiger partial charge in [-0.15, -0.1) is 0 Å². The van der Waals surface area contributed by atoms with Gasteiger partial charge in [-0.3, -0.25) is 0 Å². The van der Waals surface area contributed by atoms with Crippen LogP contribution in [-0.2, 0) is 5.60 Å². The van der Waals surface area contributed by atoms with Crippen molar-refractivity contribution in [1.29, 1.82) is 0 Å². The van der Waals surface area contributed by atoms with Crippen molar-refractivity contribution in [3.8, 4) is 5.75 Å². The Bertz CT molecular complexity index is 561. The second kappa shape index (κ2) is 8.28. The van der Waals surface area contributed by atoms with Gasteiger partial charge in [0.1, 0.15) is 5.75 Å². The van der Waals surface area contributed by atoms with Gasteiger partial charge in [-0.05, 0) is 62.6 Å². The van der Waals surface area contributed by atoms with Crippen LogP contribution in [0.1, 0.15) is 63.9 Å². The molecule has 4 heteroatoms. The van der Waals surface area contributed by atoms with E-state index in [0.717, 1.165) is 43.2 Å². The molecule has 0 unspecified atom stereocenters. The first-order chi connectivity index (χ1) is 12.1. The summed E-state index contributed by atoms with van der Waals surface area (Å²) in [4.78, 5) is 2.60. The highest BCUT2D eigenvalue weighted by Crippen LogP contribution is 2.41. The molecule has 0 amide bonds. The zero-order valence-corrected chi connectivity index (χ0v) is 16.4. The van der Waals surface area contributed by atoms with Gasteiger partial charge in [0.15, 0.2) is 0 Å². The minimum absolute atomic E-state index is 0.654. The molecule has 25 heavy (non-hydrogen) atoms. The maximum absolute atomic E-state index is 11.2. The third-order valence-electron chi connectivity index (χ3n) is 6.32. The van der Waals surface area contributed by atoms with Gasteiger partial charge in [0, 0.05) is 29.7 Å². The number of hydrogen-bond donors (Lipinski definition) is 1. The second-order valence-corrected chi connectivity index (χ2v) is 8.31. The van der Waals surface area contributed by atoms with Crippen LogP contribution in [0.3, 0.4) is 0 Å². The van der Waals surface area contributed by atoms with Gasteiger partial charge < -0.3 is 14.7 Å². The Labute approximate surface area is 157 Å². The molecule has 2 aliphatic rings. The van der Waals surface area contributed by atoms with E-state index in [0.29, 0.717) is 11.1 Å². The Morgan fingerprint density at radius 1 is 1.20 bits per heavy atom. The van der Waals surface area contributed by atoms with Crippen molar-refractivity contribution in [2.75, 3.05) is 20.2 Å². The minimum atomic E-state index is -0.827. The highest BCUT2D eigenvalue weighted by molar-refractivity contribution is 6.30. The van der Waals surface area contributed by atoms with E-state index in [9.17, 15) is 5.11 Å². The van der Waals surface area contributed by atoms with Crippen LogP contribution in [0.5, 0.6) is 5.75 Å². The summed E-state index contributed by atoms with van der Waals surface area (Å²) in [7, 11) is 1.65. The molecule has 0 bridgehead atoms. The van der Waals surface area contributed by atoms with E-state index in [1.807, 2.05) is 18.2 Å². The molecule has 0 spiro atoms. The lowest BCUT2D eigenvalue weighted by atomic mass is 9.80. The number of benzene rings is 1. The molecular weight excluding hydrogens is 334 g/mol. The van der Waals surface area contributed by atoms with Gasteiger partial charge in [-0.1, -0.05) is 31.4 Å². The van der Waals surface area contributed by atoms with Crippen LogP contribution in [0, 0.1) is 5.92 Å². The van der Waals surface area contributed by atoms with Gasteiger partial charge in [-0.2, -0.15) is 0 Å². The van der Waals surface area contributed by atoms with Crippen LogP contribution < -0.4 is 4.74 Å². The van der Waals surface area contributed by atoms with Gasteiger partial charge >= 0.3 is 0 Å². The summed E-state index contributed by atoms with van der Waals surface area (Å²) in [5.41, 5.74) is 0.0143. The first-order valence-corrected chi connectivity index (χ1v) is 10.2. The summed E-state index contributed by atoms with van der Waals surface area (Å²) in [5.74, 6) is 1.68. The van der Waals surface area contributed by atoms with Crippen LogP contribution in [0.25, 0.3) is 0 Å². The first-order valence-electron chi connectivity index (χ1n) is 9.86. The van der Waals surface area contributed by atoms with E-state index in [-0.39, 0.29) is 0 Å². The van der Waals surface area contributed by atoms with Gasteiger partial charge in [0.05, 0.1) is 12.7 Å². The summed E-state index contributed by atoms with van der Waals surface area (Å²) in [5, 5.41) is 11.9. The van der Waals surface area contributed by atoms with Crippen molar-refractivity contribution in [2.45, 2.75) is 69.9 Å². The molecule has 1 aliphatic heterocycles. The van der Waals surface area contributed by atoms with E-state index in [1.165, 1.54) is 38.5 Å². The maximum atomic E-state index is 11.2.